The molecule has 1 aromatic carbocycles. The minimum Gasteiger partial charge on any atom is -0.462 e. The van der Waals surface area contributed by atoms with Crippen molar-refractivity contribution in [2.45, 2.75) is 19.8 Å². The van der Waals surface area contributed by atoms with Gasteiger partial charge in [-0.1, -0.05) is 0 Å². The molecule has 1 fully saturated rings. The molecule has 1 aliphatic heterocycles. The zero-order valence-electron chi connectivity index (χ0n) is 14.1. The van der Waals surface area contributed by atoms with E-state index < -0.39 is 0 Å². The van der Waals surface area contributed by atoms with Gasteiger partial charge in [0.25, 0.3) is 5.91 Å². The number of nitrogens with one attached hydrogen (secondary N) is 1. The molecule has 0 spiro atoms. The first-order valence-electron chi connectivity index (χ1n) is 8.33. The van der Waals surface area contributed by atoms with Crippen LogP contribution < -0.4 is 5.32 Å². The Morgan fingerprint density at radius 2 is 1.88 bits per heavy atom. The molecule has 1 aromatic heterocycles. The summed E-state index contributed by atoms with van der Waals surface area (Å²) in [6, 6.07) is 8.52. The van der Waals surface area contributed by atoms with E-state index in [-0.39, 0.29) is 11.9 Å². The highest BCUT2D eigenvalue weighted by molar-refractivity contribution is 5.93. The normalized spacial score (nSPS) is 13.6. The quantitative estimate of drug-likeness (QED) is 0.842. The molecule has 0 aliphatic carbocycles. The highest BCUT2D eigenvalue weighted by Gasteiger charge is 2.20. The molecule has 0 unspecified atom stereocenters. The summed E-state index contributed by atoms with van der Waals surface area (Å²) in [4.78, 5) is 34.1. The lowest BCUT2D eigenvalue weighted by atomic mass is 10.2. The lowest BCUT2D eigenvalue weighted by Gasteiger charge is -2.14. The van der Waals surface area contributed by atoms with Gasteiger partial charge in [0.05, 0.1) is 12.2 Å². The van der Waals surface area contributed by atoms with E-state index in [1.54, 1.807) is 42.2 Å². The minimum atomic E-state index is -0.352. The van der Waals surface area contributed by atoms with Gasteiger partial charge in [0, 0.05) is 24.8 Å². The zero-order valence-corrected chi connectivity index (χ0v) is 14.1. The second-order valence-corrected chi connectivity index (χ2v) is 5.71. The van der Waals surface area contributed by atoms with Crippen molar-refractivity contribution in [3.63, 3.8) is 0 Å². The van der Waals surface area contributed by atoms with Gasteiger partial charge in [-0.05, 0) is 44.0 Å². The number of hydrogen-bond acceptors (Lipinski definition) is 6. The Labute approximate surface area is 146 Å². The van der Waals surface area contributed by atoms with Crippen molar-refractivity contribution in [2.75, 3.05) is 25.0 Å². The van der Waals surface area contributed by atoms with Gasteiger partial charge in [-0.25, -0.2) is 14.8 Å². The molecule has 0 saturated carbocycles. The van der Waals surface area contributed by atoms with Gasteiger partial charge in [0.1, 0.15) is 17.8 Å². The summed E-state index contributed by atoms with van der Waals surface area (Å²) in [6.45, 7) is 3.67. The van der Waals surface area contributed by atoms with Crippen LogP contribution >= 0.6 is 0 Å². The van der Waals surface area contributed by atoms with Crippen LogP contribution in [0.15, 0.2) is 36.7 Å². The van der Waals surface area contributed by atoms with Crippen LogP contribution in [0.25, 0.3) is 0 Å². The van der Waals surface area contributed by atoms with E-state index in [1.807, 2.05) is 0 Å². The third kappa shape index (κ3) is 4.12. The fourth-order valence-electron chi connectivity index (χ4n) is 2.68. The van der Waals surface area contributed by atoms with Gasteiger partial charge >= 0.3 is 5.97 Å². The van der Waals surface area contributed by atoms with Crippen molar-refractivity contribution >= 4 is 23.4 Å². The predicted molar refractivity (Wildman–Crippen MR) is 92.9 cm³/mol. The average molecular weight is 340 g/mol. The number of likely N-dealkylation sites (tertiary alicyclic amines) is 1. The second kappa shape index (κ2) is 7.74. The Kier molecular flexibility index (Phi) is 5.23. The van der Waals surface area contributed by atoms with Gasteiger partial charge in [0.15, 0.2) is 0 Å². The Hall–Kier alpha value is -2.96. The summed E-state index contributed by atoms with van der Waals surface area (Å²) >= 11 is 0. The van der Waals surface area contributed by atoms with Crippen molar-refractivity contribution < 1.29 is 14.3 Å². The van der Waals surface area contributed by atoms with Crippen molar-refractivity contribution in [1.29, 1.82) is 0 Å². The first-order chi connectivity index (χ1) is 12.2. The molecule has 0 atom stereocenters. The number of aromatic nitrogens is 2. The number of nitrogens with zero attached hydrogens (tertiary/aromatic N) is 3. The molecular formula is C18H20N4O3. The summed E-state index contributed by atoms with van der Waals surface area (Å²) in [5.41, 5.74) is 1.62. The van der Waals surface area contributed by atoms with Crippen molar-refractivity contribution in [3.05, 3.63) is 47.9 Å². The number of rotatable bonds is 5. The fraction of sp³-hybridized carbons (Fsp3) is 0.333. The van der Waals surface area contributed by atoms with Crippen LogP contribution in [0.4, 0.5) is 11.5 Å². The maximum Gasteiger partial charge on any atom is 0.338 e. The van der Waals surface area contributed by atoms with Crippen LogP contribution in [0.2, 0.25) is 0 Å². The molecule has 2 heterocycles. The molecule has 130 valence electrons. The molecule has 7 heteroatoms. The maximum atomic E-state index is 12.4. The molecule has 7 nitrogen and oxygen atoms in total. The minimum absolute atomic E-state index is 0.0689. The van der Waals surface area contributed by atoms with E-state index in [1.165, 1.54) is 6.33 Å². The van der Waals surface area contributed by atoms with Crippen LogP contribution in [0.5, 0.6) is 0 Å². The summed E-state index contributed by atoms with van der Waals surface area (Å²) in [5.74, 6) is 0.108. The highest BCUT2D eigenvalue weighted by Crippen LogP contribution is 2.17. The number of carbonyl (C=O) groups excluding carboxylic acids is 2. The largest absolute Gasteiger partial charge is 0.462 e. The molecule has 0 radical (unpaired) electrons. The molecule has 1 amide bonds. The molecule has 1 saturated heterocycles. The lowest BCUT2D eigenvalue weighted by Crippen LogP contribution is -2.28. The van der Waals surface area contributed by atoms with E-state index in [0.717, 1.165) is 31.6 Å². The fourth-order valence-corrected chi connectivity index (χ4v) is 2.68. The third-order valence-corrected chi connectivity index (χ3v) is 3.95. The summed E-state index contributed by atoms with van der Waals surface area (Å²) in [5, 5.41) is 3.11. The Morgan fingerprint density at radius 3 is 2.56 bits per heavy atom. The van der Waals surface area contributed by atoms with Gasteiger partial charge in [-0.3, -0.25) is 4.79 Å². The number of ether oxygens (including phenoxy) is 1. The monoisotopic (exact) mass is 340 g/mol. The molecular weight excluding hydrogens is 320 g/mol. The van der Waals surface area contributed by atoms with E-state index >= 15 is 0 Å². The molecule has 1 N–H and O–H groups in total. The number of esters is 1. The van der Waals surface area contributed by atoms with Gasteiger partial charge in [0.2, 0.25) is 0 Å². The standard InChI is InChI=1S/C18H20N4O3/c1-2-25-18(24)13-5-7-14(8-6-13)21-16-11-15(19-12-20-16)17(23)22-9-3-4-10-22/h5-8,11-12H,2-4,9-10H2,1H3,(H,19,20,21). The van der Waals surface area contributed by atoms with Crippen molar-refractivity contribution in [1.82, 2.24) is 14.9 Å². The van der Waals surface area contributed by atoms with Crippen molar-refractivity contribution in [2.24, 2.45) is 0 Å². The Balaban J connectivity index is 1.69. The van der Waals surface area contributed by atoms with Crippen molar-refractivity contribution in [3.8, 4) is 0 Å². The molecule has 3 rings (SSSR count). The Morgan fingerprint density at radius 1 is 1.16 bits per heavy atom. The van der Waals surface area contributed by atoms with Crippen LogP contribution in [0.1, 0.15) is 40.6 Å². The van der Waals surface area contributed by atoms with Crippen LogP contribution in [0.3, 0.4) is 0 Å². The number of amides is 1. The number of hydrogen-bond donors (Lipinski definition) is 1. The molecule has 1 aliphatic rings. The van der Waals surface area contributed by atoms with Crippen LogP contribution in [-0.2, 0) is 4.74 Å². The summed E-state index contributed by atoms with van der Waals surface area (Å²) in [7, 11) is 0. The third-order valence-electron chi connectivity index (χ3n) is 3.95. The van der Waals surface area contributed by atoms with Gasteiger partial charge in [-0.2, -0.15) is 0 Å². The number of anilines is 2. The molecule has 0 bridgehead atoms. The zero-order chi connectivity index (χ0) is 17.6. The summed E-state index contributed by atoms with van der Waals surface area (Å²) in [6.07, 6.45) is 3.45. The second-order valence-electron chi connectivity index (χ2n) is 5.71. The van der Waals surface area contributed by atoms with Gasteiger partial charge in [-0.15, -0.1) is 0 Å². The topological polar surface area (TPSA) is 84.4 Å². The maximum absolute atomic E-state index is 12.4. The number of carbonyl (C=O) groups is 2. The summed E-state index contributed by atoms with van der Waals surface area (Å²) < 4.78 is 4.95. The number of benzene rings is 1. The van der Waals surface area contributed by atoms with E-state index in [0.29, 0.717) is 23.7 Å². The SMILES string of the molecule is CCOC(=O)c1ccc(Nc2cc(C(=O)N3CCCC3)ncn2)cc1. The van der Waals surface area contributed by atoms with E-state index in [2.05, 4.69) is 15.3 Å². The smallest absolute Gasteiger partial charge is 0.338 e. The average Bonchev–Trinajstić information content (AvgIpc) is 3.17. The van der Waals surface area contributed by atoms with Crippen LogP contribution in [-0.4, -0.2) is 46.4 Å². The van der Waals surface area contributed by atoms with E-state index in [9.17, 15) is 9.59 Å². The lowest BCUT2D eigenvalue weighted by molar-refractivity contribution is 0.0526. The van der Waals surface area contributed by atoms with Gasteiger partial charge < -0.3 is 15.0 Å². The molecule has 2 aromatic rings. The first kappa shape index (κ1) is 16.9. The van der Waals surface area contributed by atoms with Crippen LogP contribution in [0, 0.1) is 0 Å². The first-order valence-corrected chi connectivity index (χ1v) is 8.33. The predicted octanol–water partition coefficient (Wildman–Crippen LogP) is 2.63. The van der Waals surface area contributed by atoms with E-state index in [4.69, 9.17) is 4.74 Å². The highest BCUT2D eigenvalue weighted by atomic mass is 16.5. The Bertz CT molecular complexity index is 755. The molecule has 25 heavy (non-hydrogen) atoms.